The molecule has 0 spiro atoms. The van der Waals surface area contributed by atoms with Crippen LogP contribution in [-0.4, -0.2) is 17.3 Å². The summed E-state index contributed by atoms with van der Waals surface area (Å²) in [7, 11) is 0. The number of aryl methyl sites for hydroxylation is 1. The van der Waals surface area contributed by atoms with Crippen LogP contribution in [0.3, 0.4) is 0 Å². The Kier molecular flexibility index (Phi) is 2.96. The number of ether oxygens (including phenoxy) is 1. The number of hydrogen-bond donors (Lipinski definition) is 1. The lowest BCUT2D eigenvalue weighted by Crippen LogP contribution is -2.32. The van der Waals surface area contributed by atoms with Gasteiger partial charge in [0.25, 0.3) is 0 Å². The molecule has 1 aromatic rings. The maximum absolute atomic E-state index is 10.1. The average molecular weight is 206 g/mol. The molecule has 0 saturated heterocycles. The van der Waals surface area contributed by atoms with Gasteiger partial charge in [0.05, 0.1) is 5.60 Å². The van der Waals surface area contributed by atoms with E-state index in [0.29, 0.717) is 6.61 Å². The zero-order valence-electron chi connectivity index (χ0n) is 9.20. The zero-order chi connectivity index (χ0) is 10.7. The highest BCUT2D eigenvalue weighted by Crippen LogP contribution is 2.30. The Morgan fingerprint density at radius 3 is 2.40 bits per heavy atom. The maximum atomic E-state index is 10.1. The lowest BCUT2D eigenvalue weighted by molar-refractivity contribution is 0.00141. The number of hydrogen-bond acceptors (Lipinski definition) is 2. The topological polar surface area (TPSA) is 29.5 Å². The Morgan fingerprint density at radius 1 is 1.20 bits per heavy atom. The van der Waals surface area contributed by atoms with Gasteiger partial charge in [-0.15, -0.1) is 0 Å². The molecule has 0 amide bonds. The predicted octanol–water partition coefficient (Wildman–Crippen LogP) is 2.68. The first kappa shape index (κ1) is 10.5. The molecule has 2 nitrogen and oxygen atoms in total. The molecule has 2 heteroatoms. The number of aliphatic hydroxyl groups is 1. The van der Waals surface area contributed by atoms with Crippen molar-refractivity contribution in [2.75, 3.05) is 6.61 Å². The lowest BCUT2D eigenvalue weighted by atomic mass is 10.0. The Hall–Kier alpha value is -1.02. The van der Waals surface area contributed by atoms with E-state index in [9.17, 15) is 5.11 Å². The van der Waals surface area contributed by atoms with Crippen LogP contribution < -0.4 is 4.74 Å². The van der Waals surface area contributed by atoms with E-state index < -0.39 is 5.60 Å². The normalized spacial score (nSPS) is 19.1. The van der Waals surface area contributed by atoms with Crippen LogP contribution in [0.5, 0.6) is 5.75 Å². The van der Waals surface area contributed by atoms with Crippen molar-refractivity contribution in [1.29, 1.82) is 0 Å². The van der Waals surface area contributed by atoms with E-state index in [4.69, 9.17) is 4.74 Å². The molecule has 1 aliphatic carbocycles. The molecule has 82 valence electrons. The first-order chi connectivity index (χ1) is 7.18. The van der Waals surface area contributed by atoms with Crippen LogP contribution in [0.25, 0.3) is 0 Å². The van der Waals surface area contributed by atoms with Crippen molar-refractivity contribution < 1.29 is 9.84 Å². The molecule has 0 aliphatic heterocycles. The zero-order valence-corrected chi connectivity index (χ0v) is 9.20. The van der Waals surface area contributed by atoms with E-state index in [1.54, 1.807) is 0 Å². The van der Waals surface area contributed by atoms with E-state index >= 15 is 0 Å². The van der Waals surface area contributed by atoms with E-state index in [0.717, 1.165) is 31.4 Å². The van der Waals surface area contributed by atoms with Gasteiger partial charge in [0.2, 0.25) is 0 Å². The fourth-order valence-corrected chi connectivity index (χ4v) is 2.03. The quantitative estimate of drug-likeness (QED) is 0.824. The molecule has 0 aromatic heterocycles. The van der Waals surface area contributed by atoms with Gasteiger partial charge in [-0.05, 0) is 31.9 Å². The van der Waals surface area contributed by atoms with Crippen molar-refractivity contribution in [3.63, 3.8) is 0 Å². The Bertz CT molecular complexity index is 310. The predicted molar refractivity (Wildman–Crippen MR) is 60.1 cm³/mol. The van der Waals surface area contributed by atoms with Crippen LogP contribution in [0.2, 0.25) is 0 Å². The second-order valence-electron chi connectivity index (χ2n) is 4.53. The highest BCUT2D eigenvalue weighted by Gasteiger charge is 2.31. The van der Waals surface area contributed by atoms with E-state index in [1.165, 1.54) is 5.56 Å². The molecular weight excluding hydrogens is 188 g/mol. The number of rotatable bonds is 3. The Labute approximate surface area is 90.9 Å². The average Bonchev–Trinajstić information content (AvgIpc) is 2.65. The molecule has 0 bridgehead atoms. The van der Waals surface area contributed by atoms with E-state index in [2.05, 4.69) is 0 Å². The van der Waals surface area contributed by atoms with Crippen LogP contribution in [0.4, 0.5) is 0 Å². The molecule has 1 saturated carbocycles. The summed E-state index contributed by atoms with van der Waals surface area (Å²) < 4.78 is 5.60. The van der Waals surface area contributed by atoms with Gasteiger partial charge in [0.15, 0.2) is 0 Å². The minimum Gasteiger partial charge on any atom is -0.491 e. The van der Waals surface area contributed by atoms with Gasteiger partial charge in [-0.2, -0.15) is 0 Å². The third-order valence-corrected chi connectivity index (χ3v) is 3.06. The van der Waals surface area contributed by atoms with Gasteiger partial charge < -0.3 is 9.84 Å². The molecular formula is C13H18O2. The SMILES string of the molecule is Cc1ccc(OCC2(O)CCCC2)cc1. The summed E-state index contributed by atoms with van der Waals surface area (Å²) in [6.45, 7) is 2.48. The highest BCUT2D eigenvalue weighted by molar-refractivity contribution is 5.26. The van der Waals surface area contributed by atoms with Gasteiger partial charge in [-0.1, -0.05) is 30.5 Å². The second kappa shape index (κ2) is 4.23. The van der Waals surface area contributed by atoms with Crippen molar-refractivity contribution in [3.8, 4) is 5.75 Å². The second-order valence-corrected chi connectivity index (χ2v) is 4.53. The summed E-state index contributed by atoms with van der Waals surface area (Å²) in [5.74, 6) is 0.848. The van der Waals surface area contributed by atoms with Gasteiger partial charge in [0.1, 0.15) is 12.4 Å². The molecule has 1 fully saturated rings. The van der Waals surface area contributed by atoms with Gasteiger partial charge in [0, 0.05) is 0 Å². The standard InChI is InChI=1S/C13H18O2/c1-11-4-6-12(7-5-11)15-10-13(14)8-2-3-9-13/h4-7,14H,2-3,8-10H2,1H3. The molecule has 1 aliphatic rings. The minimum atomic E-state index is -0.578. The van der Waals surface area contributed by atoms with Gasteiger partial charge in [-0.25, -0.2) is 0 Å². The fraction of sp³-hybridized carbons (Fsp3) is 0.538. The molecule has 0 radical (unpaired) electrons. The maximum Gasteiger partial charge on any atom is 0.119 e. The van der Waals surface area contributed by atoms with Crippen LogP contribution in [0.15, 0.2) is 24.3 Å². The lowest BCUT2D eigenvalue weighted by Gasteiger charge is -2.22. The van der Waals surface area contributed by atoms with E-state index in [-0.39, 0.29) is 0 Å². The monoisotopic (exact) mass is 206 g/mol. The van der Waals surface area contributed by atoms with Crippen molar-refractivity contribution in [2.24, 2.45) is 0 Å². The summed E-state index contributed by atoms with van der Waals surface area (Å²) >= 11 is 0. The smallest absolute Gasteiger partial charge is 0.119 e. The molecule has 15 heavy (non-hydrogen) atoms. The van der Waals surface area contributed by atoms with Crippen molar-refractivity contribution in [2.45, 2.75) is 38.2 Å². The van der Waals surface area contributed by atoms with E-state index in [1.807, 2.05) is 31.2 Å². The first-order valence-corrected chi connectivity index (χ1v) is 5.60. The van der Waals surface area contributed by atoms with Crippen LogP contribution in [0.1, 0.15) is 31.2 Å². The molecule has 1 N–H and O–H groups in total. The number of benzene rings is 1. The van der Waals surface area contributed by atoms with Crippen LogP contribution >= 0.6 is 0 Å². The highest BCUT2D eigenvalue weighted by atomic mass is 16.5. The Morgan fingerprint density at radius 2 is 1.80 bits per heavy atom. The summed E-state index contributed by atoms with van der Waals surface area (Å²) in [4.78, 5) is 0. The third kappa shape index (κ3) is 2.72. The van der Waals surface area contributed by atoms with Gasteiger partial charge >= 0.3 is 0 Å². The van der Waals surface area contributed by atoms with Crippen molar-refractivity contribution in [1.82, 2.24) is 0 Å². The fourth-order valence-electron chi connectivity index (χ4n) is 2.03. The molecule has 0 unspecified atom stereocenters. The molecule has 0 atom stereocenters. The molecule has 2 rings (SSSR count). The largest absolute Gasteiger partial charge is 0.491 e. The first-order valence-electron chi connectivity index (χ1n) is 5.60. The summed E-state index contributed by atoms with van der Waals surface area (Å²) in [5.41, 5.74) is 0.646. The molecule has 1 aromatic carbocycles. The molecule has 0 heterocycles. The van der Waals surface area contributed by atoms with Crippen molar-refractivity contribution >= 4 is 0 Å². The van der Waals surface area contributed by atoms with Gasteiger partial charge in [-0.3, -0.25) is 0 Å². The van der Waals surface area contributed by atoms with Crippen molar-refractivity contribution in [3.05, 3.63) is 29.8 Å². The van der Waals surface area contributed by atoms with Crippen LogP contribution in [0, 0.1) is 6.92 Å². The summed E-state index contributed by atoms with van der Waals surface area (Å²) in [6, 6.07) is 7.95. The summed E-state index contributed by atoms with van der Waals surface area (Å²) in [6.07, 6.45) is 3.99. The summed E-state index contributed by atoms with van der Waals surface area (Å²) in [5, 5.41) is 10.1. The third-order valence-electron chi connectivity index (χ3n) is 3.06. The van der Waals surface area contributed by atoms with Crippen LogP contribution in [-0.2, 0) is 0 Å². The minimum absolute atomic E-state index is 0.427. The Balaban J connectivity index is 1.90.